The van der Waals surface area contributed by atoms with Crippen LogP contribution < -0.4 is 0 Å². The Hall–Kier alpha value is -2.27. The van der Waals surface area contributed by atoms with E-state index < -0.39 is 29.8 Å². The first-order valence-electron chi connectivity index (χ1n) is 8.91. The molecule has 3 heterocycles. The van der Waals surface area contributed by atoms with Crippen LogP contribution >= 0.6 is 11.9 Å². The maximum absolute atomic E-state index is 14.5. The van der Waals surface area contributed by atoms with Crippen molar-refractivity contribution in [2.45, 2.75) is 36.3 Å². The lowest BCUT2D eigenvalue weighted by Crippen LogP contribution is -2.37. The number of aromatic amines is 1. The van der Waals surface area contributed by atoms with Gasteiger partial charge in [-0.2, -0.15) is 26.3 Å². The van der Waals surface area contributed by atoms with Crippen molar-refractivity contribution < 1.29 is 30.7 Å². The number of nitrogens with zero attached hydrogens (tertiary/aromatic N) is 2. The van der Waals surface area contributed by atoms with Crippen LogP contribution in [0.3, 0.4) is 0 Å². The maximum atomic E-state index is 14.5. The summed E-state index contributed by atoms with van der Waals surface area (Å²) >= 11 is 0.727. The molecule has 0 radical (unpaired) electrons. The summed E-state index contributed by atoms with van der Waals surface area (Å²) in [5.41, 5.74) is -1.75. The van der Waals surface area contributed by atoms with Crippen LogP contribution in [-0.2, 0) is 6.18 Å². The fraction of sp³-hybridized carbons (Fsp3) is 0.316. The molecular weight excluding hydrogens is 435 g/mol. The summed E-state index contributed by atoms with van der Waals surface area (Å²) in [4.78, 5) is 6.59. The molecule has 2 aromatic heterocycles. The summed E-state index contributed by atoms with van der Waals surface area (Å²) in [6.45, 7) is 0.160. The Kier molecular flexibility index (Phi) is 5.21. The molecular formula is C19H14F7N3S. The number of benzene rings is 1. The molecule has 1 N–H and O–H groups in total. The summed E-state index contributed by atoms with van der Waals surface area (Å²) < 4.78 is 96.1. The molecule has 160 valence electrons. The second-order valence-electron chi connectivity index (χ2n) is 6.85. The smallest absolute Gasteiger partial charge is 0.346 e. The molecule has 1 aromatic carbocycles. The Morgan fingerprint density at radius 1 is 1.10 bits per heavy atom. The Morgan fingerprint density at radius 2 is 1.87 bits per heavy atom. The van der Waals surface area contributed by atoms with Gasteiger partial charge in [0.05, 0.1) is 21.8 Å². The molecule has 3 aromatic rings. The molecule has 1 aliphatic rings. The minimum atomic E-state index is -4.84. The van der Waals surface area contributed by atoms with Crippen molar-refractivity contribution in [1.29, 1.82) is 0 Å². The van der Waals surface area contributed by atoms with Crippen molar-refractivity contribution in [3.05, 3.63) is 47.9 Å². The third-order valence-electron chi connectivity index (χ3n) is 4.87. The first-order valence-corrected chi connectivity index (χ1v) is 9.68. The van der Waals surface area contributed by atoms with Crippen LogP contribution in [0, 0.1) is 5.82 Å². The average molecular weight is 449 g/mol. The number of alkyl halides is 6. The zero-order valence-electron chi connectivity index (χ0n) is 15.1. The normalized spacial score (nSPS) is 18.4. The van der Waals surface area contributed by atoms with Crippen LogP contribution in [0.25, 0.3) is 22.2 Å². The number of fused-ring (bicyclic) bond motifs is 1. The van der Waals surface area contributed by atoms with Crippen LogP contribution in [0.1, 0.15) is 18.4 Å². The third kappa shape index (κ3) is 3.87. The molecule has 0 aliphatic carbocycles. The predicted octanol–water partition coefficient (Wildman–Crippen LogP) is 6.42. The molecule has 1 atom stereocenters. The zero-order valence-corrected chi connectivity index (χ0v) is 15.9. The quantitative estimate of drug-likeness (QED) is 0.370. The van der Waals surface area contributed by atoms with Gasteiger partial charge in [-0.1, -0.05) is 6.07 Å². The van der Waals surface area contributed by atoms with Crippen LogP contribution in [-0.4, -0.2) is 33.0 Å². The van der Waals surface area contributed by atoms with E-state index >= 15 is 0 Å². The summed E-state index contributed by atoms with van der Waals surface area (Å²) in [7, 11) is 0. The van der Waals surface area contributed by atoms with Gasteiger partial charge in [0.15, 0.2) is 0 Å². The van der Waals surface area contributed by atoms with Crippen molar-refractivity contribution in [3.8, 4) is 11.3 Å². The van der Waals surface area contributed by atoms with Crippen molar-refractivity contribution in [2.75, 3.05) is 6.54 Å². The van der Waals surface area contributed by atoms with Crippen molar-refractivity contribution in [3.63, 3.8) is 0 Å². The second-order valence-corrected chi connectivity index (χ2v) is 7.94. The van der Waals surface area contributed by atoms with Gasteiger partial charge >= 0.3 is 12.4 Å². The van der Waals surface area contributed by atoms with Crippen LogP contribution in [0.2, 0.25) is 0 Å². The van der Waals surface area contributed by atoms with Gasteiger partial charge in [0.1, 0.15) is 11.9 Å². The highest BCUT2D eigenvalue weighted by molar-refractivity contribution is 7.97. The largest absolute Gasteiger partial charge is 0.417 e. The third-order valence-corrected chi connectivity index (χ3v) is 5.95. The molecule has 11 heteroatoms. The lowest BCUT2D eigenvalue weighted by Gasteiger charge is -2.24. The number of hydrogen-bond donors (Lipinski definition) is 1. The average Bonchev–Trinajstić information content (AvgIpc) is 3.29. The van der Waals surface area contributed by atoms with E-state index in [1.807, 2.05) is 0 Å². The highest BCUT2D eigenvalue weighted by atomic mass is 32.2. The standard InChI is InChI=1S/C19H14F7N3S/c20-12-9-11(18(21,22)23)16(13-4-1-2-6-27-13)10-8-15(28-17(10)12)30-29-7-3-5-14(29)19(24,25)26/h1-2,4,6,8-9,14,28H,3,5,7H2. The molecule has 1 saturated heterocycles. The molecule has 1 fully saturated rings. The Morgan fingerprint density at radius 3 is 2.50 bits per heavy atom. The SMILES string of the molecule is Fc1cc(C(F)(F)F)c(-c2ccccn2)c2cc(SN3CCCC3C(F)(F)F)[nH]c12. The number of pyridine rings is 1. The van der Waals surface area contributed by atoms with E-state index in [-0.39, 0.29) is 40.2 Å². The van der Waals surface area contributed by atoms with E-state index in [0.29, 0.717) is 12.5 Å². The highest BCUT2D eigenvalue weighted by Gasteiger charge is 2.46. The molecule has 0 amide bonds. The van der Waals surface area contributed by atoms with Crippen LogP contribution in [0.15, 0.2) is 41.6 Å². The number of nitrogens with one attached hydrogen (secondary N) is 1. The summed E-state index contributed by atoms with van der Waals surface area (Å²) in [6, 6.07) is 4.35. The van der Waals surface area contributed by atoms with Crippen LogP contribution in [0.5, 0.6) is 0 Å². The van der Waals surface area contributed by atoms with Crippen molar-refractivity contribution >= 4 is 22.9 Å². The minimum Gasteiger partial charge on any atom is -0.346 e. The van der Waals surface area contributed by atoms with Crippen molar-refractivity contribution in [2.24, 2.45) is 0 Å². The van der Waals surface area contributed by atoms with E-state index in [1.54, 1.807) is 0 Å². The number of rotatable bonds is 3. The molecule has 3 nitrogen and oxygen atoms in total. The number of H-pyrrole nitrogens is 1. The van der Waals surface area contributed by atoms with Gasteiger partial charge in [0, 0.05) is 23.7 Å². The van der Waals surface area contributed by atoms with E-state index in [0.717, 1.165) is 16.3 Å². The van der Waals surface area contributed by atoms with E-state index in [4.69, 9.17) is 0 Å². The number of hydrogen-bond acceptors (Lipinski definition) is 3. The molecule has 1 aliphatic heterocycles. The van der Waals surface area contributed by atoms with E-state index in [1.165, 1.54) is 30.5 Å². The number of aromatic nitrogens is 2. The fourth-order valence-corrected chi connectivity index (χ4v) is 4.74. The zero-order chi connectivity index (χ0) is 21.7. The Balaban J connectivity index is 1.83. The highest BCUT2D eigenvalue weighted by Crippen LogP contribution is 2.44. The lowest BCUT2D eigenvalue weighted by molar-refractivity contribution is -0.163. The van der Waals surface area contributed by atoms with E-state index in [9.17, 15) is 30.7 Å². The topological polar surface area (TPSA) is 31.9 Å². The van der Waals surface area contributed by atoms with E-state index in [2.05, 4.69) is 9.97 Å². The molecule has 4 rings (SSSR count). The summed E-state index contributed by atoms with van der Waals surface area (Å²) in [6.07, 6.45) is -7.69. The first kappa shape index (κ1) is 21.0. The monoisotopic (exact) mass is 449 g/mol. The van der Waals surface area contributed by atoms with Crippen molar-refractivity contribution in [1.82, 2.24) is 14.3 Å². The molecule has 0 spiro atoms. The predicted molar refractivity (Wildman–Crippen MR) is 98.1 cm³/mol. The first-order chi connectivity index (χ1) is 14.1. The molecule has 30 heavy (non-hydrogen) atoms. The van der Waals surface area contributed by atoms with Gasteiger partial charge in [0.2, 0.25) is 0 Å². The molecule has 0 bridgehead atoms. The molecule has 0 saturated carbocycles. The van der Waals surface area contributed by atoms with Gasteiger partial charge < -0.3 is 4.98 Å². The lowest BCUT2D eigenvalue weighted by atomic mass is 9.98. The van der Waals surface area contributed by atoms with Gasteiger partial charge in [-0.25, -0.2) is 8.70 Å². The Bertz CT molecular complexity index is 1060. The minimum absolute atomic E-state index is 0.0142. The maximum Gasteiger partial charge on any atom is 0.417 e. The van der Waals surface area contributed by atoms with Gasteiger partial charge in [-0.05, 0) is 49.1 Å². The fourth-order valence-electron chi connectivity index (χ4n) is 3.59. The second kappa shape index (κ2) is 7.45. The molecule has 1 unspecified atom stereocenters. The van der Waals surface area contributed by atoms with Gasteiger partial charge in [-0.15, -0.1) is 0 Å². The van der Waals surface area contributed by atoms with Crippen LogP contribution in [0.4, 0.5) is 30.7 Å². The Labute approximate surface area is 170 Å². The summed E-state index contributed by atoms with van der Waals surface area (Å²) in [5, 5.41) is 0.0304. The van der Waals surface area contributed by atoms with Gasteiger partial charge in [0.25, 0.3) is 0 Å². The van der Waals surface area contributed by atoms with Gasteiger partial charge in [-0.3, -0.25) is 4.98 Å². The summed E-state index contributed by atoms with van der Waals surface area (Å²) in [5.74, 6) is -1.14. The number of halogens is 7.